The van der Waals surface area contributed by atoms with Gasteiger partial charge in [-0.2, -0.15) is 0 Å². The summed E-state index contributed by atoms with van der Waals surface area (Å²) in [5.41, 5.74) is 3.02. The Morgan fingerprint density at radius 1 is 0.903 bits per heavy atom. The van der Waals surface area contributed by atoms with Crippen LogP contribution in [-0.2, 0) is 0 Å². The molecule has 158 valence electrons. The Balaban J connectivity index is 1.76. The number of rotatable bonds is 8. The first-order chi connectivity index (χ1) is 15.0. The Labute approximate surface area is 181 Å². The molecule has 2 N–H and O–H groups in total. The normalized spacial score (nSPS) is 10.1. The molecule has 0 heterocycles. The van der Waals surface area contributed by atoms with E-state index in [4.69, 9.17) is 9.47 Å². The van der Waals surface area contributed by atoms with Crippen molar-refractivity contribution in [2.75, 3.05) is 24.4 Å². The Morgan fingerprint density at radius 2 is 1.65 bits per heavy atom. The number of ether oxygens (including phenoxy) is 2. The van der Waals surface area contributed by atoms with Crippen LogP contribution in [0, 0.1) is 6.92 Å². The van der Waals surface area contributed by atoms with Gasteiger partial charge in [-0.15, -0.1) is 0 Å². The quantitative estimate of drug-likeness (QED) is 0.503. The first kappa shape index (κ1) is 21.6. The summed E-state index contributed by atoms with van der Waals surface area (Å²) < 4.78 is 10.8. The summed E-state index contributed by atoms with van der Waals surface area (Å²) in [6, 6.07) is 19.2. The monoisotopic (exact) mass is 416 g/mol. The second-order valence-electron chi connectivity index (χ2n) is 6.77. The minimum Gasteiger partial charge on any atom is -0.493 e. The van der Waals surface area contributed by atoms with Crippen molar-refractivity contribution in [3.63, 3.8) is 0 Å². The Bertz CT molecular complexity index is 1090. The number of hydrogen-bond donors (Lipinski definition) is 2. The zero-order valence-corrected chi connectivity index (χ0v) is 17.5. The summed E-state index contributed by atoms with van der Waals surface area (Å²) in [4.78, 5) is 25.2. The molecule has 0 aliphatic rings. The van der Waals surface area contributed by atoms with E-state index in [-0.39, 0.29) is 11.8 Å². The van der Waals surface area contributed by atoms with Gasteiger partial charge in [-0.25, -0.2) is 0 Å². The molecule has 3 aromatic rings. The van der Waals surface area contributed by atoms with Crippen molar-refractivity contribution >= 4 is 23.2 Å². The van der Waals surface area contributed by atoms with Crippen molar-refractivity contribution in [1.82, 2.24) is 0 Å². The van der Waals surface area contributed by atoms with E-state index in [1.54, 1.807) is 60.7 Å². The van der Waals surface area contributed by atoms with E-state index in [0.717, 1.165) is 5.56 Å². The van der Waals surface area contributed by atoms with Gasteiger partial charge in [0.2, 0.25) is 0 Å². The molecule has 3 rings (SSSR count). The van der Waals surface area contributed by atoms with Gasteiger partial charge in [0, 0.05) is 22.5 Å². The predicted octanol–water partition coefficient (Wildman–Crippen LogP) is 5.07. The molecule has 6 nitrogen and oxygen atoms in total. The predicted molar refractivity (Wildman–Crippen MR) is 122 cm³/mol. The highest BCUT2D eigenvalue weighted by atomic mass is 16.5. The van der Waals surface area contributed by atoms with Gasteiger partial charge < -0.3 is 20.1 Å². The molecule has 6 heteroatoms. The Morgan fingerprint density at radius 3 is 2.35 bits per heavy atom. The second-order valence-corrected chi connectivity index (χ2v) is 6.77. The first-order valence-electron chi connectivity index (χ1n) is 9.72. The highest BCUT2D eigenvalue weighted by molar-refractivity contribution is 6.07. The molecule has 0 aromatic heterocycles. The zero-order chi connectivity index (χ0) is 22.2. The third kappa shape index (κ3) is 5.51. The number of methoxy groups -OCH3 is 1. The first-order valence-corrected chi connectivity index (χ1v) is 9.72. The number of aryl methyl sites for hydroxylation is 1. The molecule has 0 saturated heterocycles. The number of carbonyl (C=O) groups is 2. The standard InChI is InChI=1S/C25H24N2O4/c1-4-14-31-22-13-11-19(15-23(22)30-3)25(29)27-21-16-20(12-10-17(21)2)26-24(28)18-8-6-5-7-9-18/h4-13,15-16H,1,14H2,2-3H3,(H,26,28)(H,27,29). The molecule has 0 spiro atoms. The molecule has 0 atom stereocenters. The van der Waals surface area contributed by atoms with Crippen LogP contribution < -0.4 is 20.1 Å². The van der Waals surface area contributed by atoms with Crippen LogP contribution in [0.3, 0.4) is 0 Å². The van der Waals surface area contributed by atoms with Crippen LogP contribution in [0.5, 0.6) is 11.5 Å². The van der Waals surface area contributed by atoms with E-state index >= 15 is 0 Å². The van der Waals surface area contributed by atoms with Gasteiger partial charge >= 0.3 is 0 Å². The van der Waals surface area contributed by atoms with Crippen LogP contribution in [0.4, 0.5) is 11.4 Å². The van der Waals surface area contributed by atoms with Gasteiger partial charge in [0.1, 0.15) is 6.61 Å². The van der Waals surface area contributed by atoms with Crippen molar-refractivity contribution in [1.29, 1.82) is 0 Å². The highest BCUT2D eigenvalue weighted by Gasteiger charge is 2.13. The lowest BCUT2D eigenvalue weighted by molar-refractivity contribution is 0.101. The topological polar surface area (TPSA) is 76.7 Å². The Hall–Kier alpha value is -4.06. The molecule has 0 radical (unpaired) electrons. The maximum Gasteiger partial charge on any atom is 0.255 e. The number of hydrogen-bond acceptors (Lipinski definition) is 4. The molecule has 0 bridgehead atoms. The van der Waals surface area contributed by atoms with Crippen LogP contribution in [0.2, 0.25) is 0 Å². The second kappa shape index (κ2) is 10.1. The molecule has 0 saturated carbocycles. The molecular weight excluding hydrogens is 392 g/mol. The van der Waals surface area contributed by atoms with Gasteiger partial charge in [0.05, 0.1) is 7.11 Å². The molecule has 0 aliphatic carbocycles. The molecular formula is C25H24N2O4. The van der Waals surface area contributed by atoms with Crippen molar-refractivity contribution in [2.45, 2.75) is 6.92 Å². The van der Waals surface area contributed by atoms with Crippen molar-refractivity contribution in [3.8, 4) is 11.5 Å². The van der Waals surface area contributed by atoms with Gasteiger partial charge in [-0.3, -0.25) is 9.59 Å². The van der Waals surface area contributed by atoms with Crippen molar-refractivity contribution in [2.24, 2.45) is 0 Å². The van der Waals surface area contributed by atoms with Crippen LogP contribution in [0.1, 0.15) is 26.3 Å². The van der Waals surface area contributed by atoms with Gasteiger partial charge in [0.25, 0.3) is 11.8 Å². The summed E-state index contributed by atoms with van der Waals surface area (Å²) in [5.74, 6) is 0.459. The fourth-order valence-electron chi connectivity index (χ4n) is 2.90. The third-order valence-electron chi connectivity index (χ3n) is 4.56. The van der Waals surface area contributed by atoms with Crippen molar-refractivity contribution < 1.29 is 19.1 Å². The minimum absolute atomic E-state index is 0.221. The fourth-order valence-corrected chi connectivity index (χ4v) is 2.90. The number of nitrogens with one attached hydrogen (secondary N) is 2. The molecule has 2 amide bonds. The average Bonchev–Trinajstić information content (AvgIpc) is 2.80. The lowest BCUT2D eigenvalue weighted by atomic mass is 10.1. The van der Waals surface area contributed by atoms with Gasteiger partial charge in [-0.05, 0) is 55.0 Å². The fraction of sp³-hybridized carbons (Fsp3) is 0.120. The van der Waals surface area contributed by atoms with Crippen LogP contribution in [-0.4, -0.2) is 25.5 Å². The van der Waals surface area contributed by atoms with E-state index < -0.39 is 0 Å². The lowest BCUT2D eigenvalue weighted by Crippen LogP contribution is -2.15. The Kier molecular flexibility index (Phi) is 7.06. The van der Waals surface area contributed by atoms with E-state index in [1.807, 2.05) is 19.1 Å². The summed E-state index contributed by atoms with van der Waals surface area (Å²) in [5, 5.41) is 5.74. The van der Waals surface area contributed by atoms with E-state index in [2.05, 4.69) is 17.2 Å². The molecule has 3 aromatic carbocycles. The van der Waals surface area contributed by atoms with E-state index in [1.165, 1.54) is 7.11 Å². The average molecular weight is 416 g/mol. The van der Waals surface area contributed by atoms with Gasteiger partial charge in [-0.1, -0.05) is 36.9 Å². The molecule has 0 fully saturated rings. The van der Waals surface area contributed by atoms with Crippen LogP contribution >= 0.6 is 0 Å². The maximum absolute atomic E-state index is 12.8. The summed E-state index contributed by atoms with van der Waals surface area (Å²) in [6.45, 7) is 5.83. The van der Waals surface area contributed by atoms with Gasteiger partial charge in [0.15, 0.2) is 11.5 Å². The van der Waals surface area contributed by atoms with Crippen LogP contribution in [0.25, 0.3) is 0 Å². The largest absolute Gasteiger partial charge is 0.493 e. The third-order valence-corrected chi connectivity index (χ3v) is 4.56. The highest BCUT2D eigenvalue weighted by Crippen LogP contribution is 2.29. The maximum atomic E-state index is 12.8. The summed E-state index contributed by atoms with van der Waals surface area (Å²) in [6.07, 6.45) is 1.63. The smallest absolute Gasteiger partial charge is 0.255 e. The molecule has 0 aliphatic heterocycles. The number of anilines is 2. The lowest BCUT2D eigenvalue weighted by Gasteiger charge is -2.13. The minimum atomic E-state index is -0.303. The zero-order valence-electron chi connectivity index (χ0n) is 17.5. The van der Waals surface area contributed by atoms with Crippen LogP contribution in [0.15, 0.2) is 79.4 Å². The van der Waals surface area contributed by atoms with Crippen molar-refractivity contribution in [3.05, 3.63) is 96.1 Å². The molecule has 0 unspecified atom stereocenters. The SMILES string of the molecule is C=CCOc1ccc(C(=O)Nc2cc(NC(=O)c3ccccc3)ccc2C)cc1OC. The number of carbonyl (C=O) groups excluding carboxylic acids is 2. The van der Waals surface area contributed by atoms with E-state index in [0.29, 0.717) is 40.6 Å². The summed E-state index contributed by atoms with van der Waals surface area (Å²) in [7, 11) is 1.51. The molecule has 31 heavy (non-hydrogen) atoms. The number of amides is 2. The summed E-state index contributed by atoms with van der Waals surface area (Å²) >= 11 is 0. The van der Waals surface area contributed by atoms with E-state index in [9.17, 15) is 9.59 Å². The number of benzene rings is 3.